The van der Waals surface area contributed by atoms with Crippen LogP contribution < -0.4 is 5.32 Å². The number of anilines is 1. The van der Waals surface area contributed by atoms with Crippen LogP contribution in [0.15, 0.2) is 18.2 Å². The van der Waals surface area contributed by atoms with Crippen molar-refractivity contribution in [3.63, 3.8) is 0 Å². The Labute approximate surface area is 125 Å². The molecule has 0 saturated heterocycles. The number of aliphatic hydroxyl groups is 1. The molecular formula is C15H22ClNO3. The van der Waals surface area contributed by atoms with Crippen LogP contribution in [0.2, 0.25) is 5.02 Å². The summed E-state index contributed by atoms with van der Waals surface area (Å²) in [6, 6.07) is 5.25. The molecule has 0 atom stereocenters. The Balaban J connectivity index is 2.84. The molecule has 1 aromatic rings. The quantitative estimate of drug-likeness (QED) is 0.887. The molecule has 0 heterocycles. The number of carbonyl (C=O) groups is 1. The van der Waals surface area contributed by atoms with Gasteiger partial charge in [-0.1, -0.05) is 17.7 Å². The van der Waals surface area contributed by atoms with Crippen molar-refractivity contribution in [1.29, 1.82) is 0 Å². The van der Waals surface area contributed by atoms with Crippen LogP contribution >= 0.6 is 11.6 Å². The van der Waals surface area contributed by atoms with Crippen LogP contribution in [-0.4, -0.2) is 22.4 Å². The number of benzene rings is 1. The lowest BCUT2D eigenvalue weighted by Crippen LogP contribution is -2.27. The molecule has 0 aliphatic carbocycles. The summed E-state index contributed by atoms with van der Waals surface area (Å²) < 4.78 is 5.18. The predicted molar refractivity (Wildman–Crippen MR) is 81.3 cm³/mol. The minimum atomic E-state index is -0.822. The third-order valence-electron chi connectivity index (χ3n) is 2.30. The fourth-order valence-electron chi connectivity index (χ4n) is 1.69. The van der Waals surface area contributed by atoms with Gasteiger partial charge in [0.1, 0.15) is 5.60 Å². The fourth-order valence-corrected chi connectivity index (χ4v) is 1.86. The first-order valence-electron chi connectivity index (χ1n) is 6.47. The Morgan fingerprint density at radius 2 is 1.90 bits per heavy atom. The van der Waals surface area contributed by atoms with E-state index in [1.54, 1.807) is 46.8 Å². The van der Waals surface area contributed by atoms with Crippen LogP contribution in [0, 0.1) is 0 Å². The van der Waals surface area contributed by atoms with Crippen LogP contribution in [0.1, 0.15) is 40.2 Å². The van der Waals surface area contributed by atoms with Crippen molar-refractivity contribution in [1.82, 2.24) is 0 Å². The maximum atomic E-state index is 11.7. The number of carbonyl (C=O) groups excluding carboxylic acids is 1. The molecule has 0 saturated carbocycles. The van der Waals surface area contributed by atoms with Gasteiger partial charge in [0.05, 0.1) is 16.3 Å². The first-order valence-corrected chi connectivity index (χ1v) is 6.85. The number of amides is 1. The second kappa shape index (κ2) is 6.02. The highest BCUT2D eigenvalue weighted by Crippen LogP contribution is 2.25. The molecule has 5 heteroatoms. The van der Waals surface area contributed by atoms with Crippen LogP contribution in [0.3, 0.4) is 0 Å². The highest BCUT2D eigenvalue weighted by Gasteiger charge is 2.18. The van der Waals surface area contributed by atoms with Gasteiger partial charge in [-0.15, -0.1) is 0 Å². The highest BCUT2D eigenvalue weighted by molar-refractivity contribution is 6.33. The third kappa shape index (κ3) is 6.26. The lowest BCUT2D eigenvalue weighted by atomic mass is 9.98. The van der Waals surface area contributed by atoms with E-state index in [0.717, 1.165) is 5.56 Å². The summed E-state index contributed by atoms with van der Waals surface area (Å²) in [7, 11) is 0. The molecule has 2 N–H and O–H groups in total. The van der Waals surface area contributed by atoms with Crippen molar-refractivity contribution in [3.05, 3.63) is 28.8 Å². The van der Waals surface area contributed by atoms with E-state index in [4.69, 9.17) is 16.3 Å². The standard InChI is InChI=1S/C15H22ClNO3/c1-14(2,3)20-13(18)17-12-8-10(6-7-11(12)16)9-15(4,5)19/h6-8,19H,9H2,1-5H3,(H,17,18). The summed E-state index contributed by atoms with van der Waals surface area (Å²) in [6.07, 6.45) is -0.0903. The summed E-state index contributed by atoms with van der Waals surface area (Å²) in [5.41, 5.74) is -0.0335. The lowest BCUT2D eigenvalue weighted by molar-refractivity contribution is 0.0636. The Bertz CT molecular complexity index is 487. The van der Waals surface area contributed by atoms with Gasteiger partial charge in [0.2, 0.25) is 0 Å². The number of ether oxygens (including phenoxy) is 1. The lowest BCUT2D eigenvalue weighted by Gasteiger charge is -2.21. The number of hydrogen-bond donors (Lipinski definition) is 2. The third-order valence-corrected chi connectivity index (χ3v) is 2.63. The monoisotopic (exact) mass is 299 g/mol. The summed E-state index contributed by atoms with van der Waals surface area (Å²) in [4.78, 5) is 11.7. The number of nitrogens with one attached hydrogen (secondary N) is 1. The summed E-state index contributed by atoms with van der Waals surface area (Å²) >= 11 is 6.05. The minimum Gasteiger partial charge on any atom is -0.444 e. The van der Waals surface area contributed by atoms with Crippen LogP contribution in [0.25, 0.3) is 0 Å². The number of hydrogen-bond acceptors (Lipinski definition) is 3. The zero-order valence-electron chi connectivity index (χ0n) is 12.6. The van der Waals surface area contributed by atoms with E-state index in [1.807, 2.05) is 6.07 Å². The largest absolute Gasteiger partial charge is 0.444 e. The summed E-state index contributed by atoms with van der Waals surface area (Å²) in [6.45, 7) is 8.82. The zero-order valence-corrected chi connectivity index (χ0v) is 13.3. The predicted octanol–water partition coefficient (Wildman–Crippen LogP) is 4.00. The first kappa shape index (κ1) is 16.8. The van der Waals surface area contributed by atoms with Crippen LogP contribution in [0.5, 0.6) is 0 Å². The molecule has 0 unspecified atom stereocenters. The van der Waals surface area contributed by atoms with Gasteiger partial charge in [-0.3, -0.25) is 5.32 Å². The van der Waals surface area contributed by atoms with Gasteiger partial charge < -0.3 is 9.84 Å². The van der Waals surface area contributed by atoms with Gasteiger partial charge in [0.25, 0.3) is 0 Å². The van der Waals surface area contributed by atoms with Gasteiger partial charge >= 0.3 is 6.09 Å². The van der Waals surface area contributed by atoms with E-state index in [9.17, 15) is 9.90 Å². The number of rotatable bonds is 3. The molecule has 0 fully saturated rings. The molecule has 0 aromatic heterocycles. The number of halogens is 1. The maximum Gasteiger partial charge on any atom is 0.412 e. The van der Waals surface area contributed by atoms with Gasteiger partial charge in [-0.2, -0.15) is 0 Å². The van der Waals surface area contributed by atoms with Gasteiger partial charge in [0, 0.05) is 6.42 Å². The van der Waals surface area contributed by atoms with Crippen molar-refractivity contribution < 1.29 is 14.6 Å². The molecule has 1 aromatic carbocycles. The normalized spacial score (nSPS) is 12.2. The van der Waals surface area contributed by atoms with Crippen molar-refractivity contribution in [2.45, 2.75) is 52.2 Å². The topological polar surface area (TPSA) is 58.6 Å². The minimum absolute atomic E-state index is 0.426. The Morgan fingerprint density at radius 1 is 1.30 bits per heavy atom. The molecule has 1 rings (SSSR count). The van der Waals surface area contributed by atoms with E-state index < -0.39 is 17.3 Å². The van der Waals surface area contributed by atoms with Crippen LogP contribution in [0.4, 0.5) is 10.5 Å². The van der Waals surface area contributed by atoms with E-state index in [2.05, 4.69) is 5.32 Å². The van der Waals surface area contributed by atoms with E-state index in [0.29, 0.717) is 17.1 Å². The van der Waals surface area contributed by atoms with Crippen molar-refractivity contribution >= 4 is 23.4 Å². The maximum absolute atomic E-state index is 11.7. The van der Waals surface area contributed by atoms with Crippen molar-refractivity contribution in [2.24, 2.45) is 0 Å². The fraction of sp³-hybridized carbons (Fsp3) is 0.533. The first-order chi connectivity index (χ1) is 8.96. The highest BCUT2D eigenvalue weighted by atomic mass is 35.5. The van der Waals surface area contributed by atoms with Gasteiger partial charge in [0.15, 0.2) is 0 Å². The summed E-state index contributed by atoms with van der Waals surface area (Å²) in [5, 5.41) is 12.9. The molecule has 0 radical (unpaired) electrons. The van der Waals surface area contributed by atoms with Crippen molar-refractivity contribution in [2.75, 3.05) is 5.32 Å². The molecule has 20 heavy (non-hydrogen) atoms. The molecule has 0 bridgehead atoms. The average molecular weight is 300 g/mol. The summed E-state index contributed by atoms with van der Waals surface area (Å²) in [5.74, 6) is 0. The molecule has 112 valence electrons. The van der Waals surface area contributed by atoms with E-state index >= 15 is 0 Å². The zero-order chi connectivity index (χ0) is 15.6. The van der Waals surface area contributed by atoms with E-state index in [1.165, 1.54) is 0 Å². The SMILES string of the molecule is CC(C)(O)Cc1ccc(Cl)c(NC(=O)OC(C)(C)C)c1. The second-order valence-electron chi connectivity index (χ2n) is 6.43. The second-order valence-corrected chi connectivity index (χ2v) is 6.84. The smallest absolute Gasteiger partial charge is 0.412 e. The Kier molecular flexibility index (Phi) is 5.05. The molecular weight excluding hydrogens is 278 g/mol. The van der Waals surface area contributed by atoms with E-state index in [-0.39, 0.29) is 0 Å². The molecule has 0 aliphatic rings. The van der Waals surface area contributed by atoms with Gasteiger partial charge in [-0.05, 0) is 52.3 Å². The van der Waals surface area contributed by atoms with Crippen molar-refractivity contribution in [3.8, 4) is 0 Å². The van der Waals surface area contributed by atoms with Crippen LogP contribution in [-0.2, 0) is 11.2 Å². The molecule has 1 amide bonds. The molecule has 0 aliphatic heterocycles. The van der Waals surface area contributed by atoms with Gasteiger partial charge in [-0.25, -0.2) is 4.79 Å². The molecule has 0 spiro atoms. The average Bonchev–Trinajstić information content (AvgIpc) is 2.18. The molecule has 4 nitrogen and oxygen atoms in total. The Morgan fingerprint density at radius 3 is 2.40 bits per heavy atom. The Hall–Kier alpha value is -1.26.